The Hall–Kier alpha value is -2.62. The lowest BCUT2D eigenvalue weighted by atomic mass is 10.2. The van der Waals surface area contributed by atoms with Crippen molar-refractivity contribution >= 4 is 11.8 Å². The number of aromatic hydroxyl groups is 1. The number of imidazole rings is 1. The maximum absolute atomic E-state index is 10.8. The van der Waals surface area contributed by atoms with Crippen LogP contribution in [0.5, 0.6) is 5.75 Å². The predicted molar refractivity (Wildman–Crippen MR) is 67.7 cm³/mol. The fourth-order valence-electron chi connectivity index (χ4n) is 1.90. The molecule has 3 aromatic rings. The summed E-state index contributed by atoms with van der Waals surface area (Å²) in [6.07, 6.45) is 4.30. The number of carbonyl (C=O) groups is 1. The molecule has 0 bridgehead atoms. The molecule has 2 heterocycles. The molecule has 18 heavy (non-hydrogen) atoms. The van der Waals surface area contributed by atoms with Crippen molar-refractivity contribution in [3.63, 3.8) is 0 Å². The largest absolute Gasteiger partial charge is 0.508 e. The molecule has 3 rings (SSSR count). The lowest BCUT2D eigenvalue weighted by molar-refractivity contribution is 0.112. The second-order valence-corrected chi connectivity index (χ2v) is 4.00. The van der Waals surface area contributed by atoms with Crippen LogP contribution in [-0.4, -0.2) is 20.8 Å². The predicted octanol–water partition coefficient (Wildman–Crippen LogP) is 2.52. The first-order valence-electron chi connectivity index (χ1n) is 5.49. The zero-order valence-electron chi connectivity index (χ0n) is 9.45. The van der Waals surface area contributed by atoms with Gasteiger partial charge in [-0.1, -0.05) is 0 Å². The molecule has 0 aliphatic rings. The summed E-state index contributed by atoms with van der Waals surface area (Å²) < 4.78 is 1.86. The van der Waals surface area contributed by atoms with Crippen LogP contribution in [0.4, 0.5) is 0 Å². The van der Waals surface area contributed by atoms with E-state index in [0.29, 0.717) is 5.56 Å². The van der Waals surface area contributed by atoms with Crippen LogP contribution in [0.15, 0.2) is 48.8 Å². The number of carbonyl (C=O) groups excluding carboxylic acids is 1. The van der Waals surface area contributed by atoms with Crippen LogP contribution in [0.2, 0.25) is 0 Å². The van der Waals surface area contributed by atoms with Gasteiger partial charge in [0.2, 0.25) is 0 Å². The van der Waals surface area contributed by atoms with E-state index in [1.807, 2.05) is 10.5 Å². The highest BCUT2D eigenvalue weighted by molar-refractivity contribution is 5.76. The zero-order valence-corrected chi connectivity index (χ0v) is 9.45. The second-order valence-electron chi connectivity index (χ2n) is 4.00. The normalized spacial score (nSPS) is 10.7. The summed E-state index contributed by atoms with van der Waals surface area (Å²) in [5.74, 6) is 0.960. The molecular formula is C14H10N2O2. The topological polar surface area (TPSA) is 54.6 Å². The summed E-state index contributed by atoms with van der Waals surface area (Å²) in [5, 5.41) is 9.28. The maximum atomic E-state index is 10.8. The number of phenols is 1. The van der Waals surface area contributed by atoms with E-state index >= 15 is 0 Å². The third-order valence-corrected chi connectivity index (χ3v) is 2.81. The molecule has 1 aromatic carbocycles. The Kier molecular flexibility index (Phi) is 2.34. The molecule has 0 radical (unpaired) electrons. The van der Waals surface area contributed by atoms with Crippen molar-refractivity contribution in [2.75, 3.05) is 0 Å². The van der Waals surface area contributed by atoms with Gasteiger partial charge in [-0.25, -0.2) is 4.98 Å². The molecule has 0 aliphatic heterocycles. The molecule has 0 fully saturated rings. The van der Waals surface area contributed by atoms with Gasteiger partial charge in [0, 0.05) is 17.3 Å². The fraction of sp³-hybridized carbons (Fsp3) is 0. The van der Waals surface area contributed by atoms with Crippen molar-refractivity contribution in [1.29, 1.82) is 0 Å². The van der Waals surface area contributed by atoms with Crippen LogP contribution < -0.4 is 0 Å². The van der Waals surface area contributed by atoms with E-state index in [2.05, 4.69) is 4.98 Å². The Morgan fingerprint density at radius 2 is 1.89 bits per heavy atom. The number of rotatable bonds is 2. The van der Waals surface area contributed by atoms with Crippen molar-refractivity contribution in [3.8, 4) is 17.1 Å². The maximum Gasteiger partial charge on any atom is 0.151 e. The van der Waals surface area contributed by atoms with Crippen LogP contribution in [0.25, 0.3) is 16.9 Å². The van der Waals surface area contributed by atoms with Gasteiger partial charge in [0.25, 0.3) is 0 Å². The molecular weight excluding hydrogens is 228 g/mol. The quantitative estimate of drug-likeness (QED) is 0.698. The second kappa shape index (κ2) is 4.00. The number of hydrogen-bond acceptors (Lipinski definition) is 3. The molecule has 0 spiro atoms. The summed E-state index contributed by atoms with van der Waals surface area (Å²) in [7, 11) is 0. The van der Waals surface area contributed by atoms with Crippen LogP contribution in [0, 0.1) is 0 Å². The van der Waals surface area contributed by atoms with Crippen molar-refractivity contribution < 1.29 is 9.90 Å². The third kappa shape index (κ3) is 1.64. The van der Waals surface area contributed by atoms with Gasteiger partial charge in [0.05, 0.1) is 11.7 Å². The molecule has 0 amide bonds. The summed E-state index contributed by atoms with van der Waals surface area (Å²) in [5.41, 5.74) is 2.40. The average Bonchev–Trinajstić information content (AvgIpc) is 2.82. The van der Waals surface area contributed by atoms with Gasteiger partial charge in [-0.3, -0.25) is 9.20 Å². The molecule has 1 N–H and O–H groups in total. The van der Waals surface area contributed by atoms with Crippen molar-refractivity contribution in [3.05, 3.63) is 54.4 Å². The molecule has 0 saturated heterocycles. The van der Waals surface area contributed by atoms with Crippen LogP contribution in [0.3, 0.4) is 0 Å². The first-order chi connectivity index (χ1) is 8.78. The lowest BCUT2D eigenvalue weighted by Gasteiger charge is -2.02. The van der Waals surface area contributed by atoms with E-state index in [9.17, 15) is 9.90 Å². The summed E-state index contributed by atoms with van der Waals surface area (Å²) >= 11 is 0. The monoisotopic (exact) mass is 238 g/mol. The summed E-state index contributed by atoms with van der Waals surface area (Å²) in [4.78, 5) is 15.1. The standard InChI is InChI=1S/C14H10N2O2/c17-9-10-1-4-12-7-15-14(16(12)8-10)11-2-5-13(18)6-3-11/h1-9,18H. The molecule has 0 saturated carbocycles. The first kappa shape index (κ1) is 10.5. The van der Waals surface area contributed by atoms with Crippen LogP contribution in [0.1, 0.15) is 10.4 Å². The molecule has 0 atom stereocenters. The molecule has 4 heteroatoms. The highest BCUT2D eigenvalue weighted by Gasteiger charge is 2.06. The number of benzene rings is 1. The van der Waals surface area contributed by atoms with Gasteiger partial charge in [-0.05, 0) is 36.4 Å². The SMILES string of the molecule is O=Cc1ccc2cnc(-c3ccc(O)cc3)n2c1. The van der Waals surface area contributed by atoms with E-state index in [1.54, 1.807) is 42.7 Å². The number of pyridine rings is 1. The Labute approximate surface area is 103 Å². The zero-order chi connectivity index (χ0) is 12.5. The minimum Gasteiger partial charge on any atom is -0.508 e. The van der Waals surface area contributed by atoms with Gasteiger partial charge in [0.15, 0.2) is 6.29 Å². The van der Waals surface area contributed by atoms with Gasteiger partial charge < -0.3 is 5.11 Å². The van der Waals surface area contributed by atoms with E-state index in [4.69, 9.17) is 0 Å². The van der Waals surface area contributed by atoms with Gasteiger partial charge in [-0.2, -0.15) is 0 Å². The molecule has 0 unspecified atom stereocenters. The number of phenolic OH excluding ortho intramolecular Hbond substituents is 1. The smallest absolute Gasteiger partial charge is 0.151 e. The van der Waals surface area contributed by atoms with E-state index in [1.165, 1.54) is 0 Å². The molecule has 4 nitrogen and oxygen atoms in total. The van der Waals surface area contributed by atoms with E-state index < -0.39 is 0 Å². The Morgan fingerprint density at radius 3 is 2.61 bits per heavy atom. The minimum absolute atomic E-state index is 0.216. The number of hydrogen-bond donors (Lipinski definition) is 1. The molecule has 0 aliphatic carbocycles. The molecule has 88 valence electrons. The Bertz CT molecular complexity index is 714. The highest BCUT2D eigenvalue weighted by atomic mass is 16.3. The van der Waals surface area contributed by atoms with Gasteiger partial charge in [0.1, 0.15) is 11.6 Å². The van der Waals surface area contributed by atoms with Crippen LogP contribution in [-0.2, 0) is 0 Å². The number of fused-ring (bicyclic) bond motifs is 1. The Morgan fingerprint density at radius 1 is 1.11 bits per heavy atom. The summed E-state index contributed by atoms with van der Waals surface area (Å²) in [6.45, 7) is 0. The van der Waals surface area contributed by atoms with Crippen molar-refractivity contribution in [2.45, 2.75) is 0 Å². The number of aldehydes is 1. The van der Waals surface area contributed by atoms with E-state index in [0.717, 1.165) is 23.2 Å². The van der Waals surface area contributed by atoms with Crippen molar-refractivity contribution in [2.24, 2.45) is 0 Å². The average molecular weight is 238 g/mol. The third-order valence-electron chi connectivity index (χ3n) is 2.81. The fourth-order valence-corrected chi connectivity index (χ4v) is 1.90. The first-order valence-corrected chi connectivity index (χ1v) is 5.49. The van der Waals surface area contributed by atoms with Gasteiger partial charge >= 0.3 is 0 Å². The van der Waals surface area contributed by atoms with Crippen molar-refractivity contribution in [1.82, 2.24) is 9.38 Å². The summed E-state index contributed by atoms with van der Waals surface area (Å²) in [6, 6.07) is 10.4. The molecule has 2 aromatic heterocycles. The number of nitrogens with zero attached hydrogens (tertiary/aromatic N) is 2. The van der Waals surface area contributed by atoms with Gasteiger partial charge in [-0.15, -0.1) is 0 Å². The minimum atomic E-state index is 0.216. The Balaban J connectivity index is 2.22. The lowest BCUT2D eigenvalue weighted by Crippen LogP contribution is -1.91. The van der Waals surface area contributed by atoms with Crippen LogP contribution >= 0.6 is 0 Å². The van der Waals surface area contributed by atoms with E-state index in [-0.39, 0.29) is 5.75 Å². The number of aromatic nitrogens is 2. The highest BCUT2D eigenvalue weighted by Crippen LogP contribution is 2.22.